The summed E-state index contributed by atoms with van der Waals surface area (Å²) in [5.74, 6) is 0.204. The van der Waals surface area contributed by atoms with Crippen molar-refractivity contribution in [3.63, 3.8) is 0 Å². The lowest BCUT2D eigenvalue weighted by molar-refractivity contribution is -0.129. The van der Waals surface area contributed by atoms with Crippen molar-refractivity contribution < 1.29 is 9.59 Å². The topological polar surface area (TPSA) is 104 Å². The van der Waals surface area contributed by atoms with E-state index in [1.54, 1.807) is 11.3 Å². The molecule has 8 heteroatoms. The minimum Gasteiger partial charge on any atom is -0.310 e. The number of carbonyl (C=O) groups excluding carboxylic acids is 2. The Hall–Kier alpha value is -2.22. The summed E-state index contributed by atoms with van der Waals surface area (Å²) in [7, 11) is 0. The lowest BCUT2D eigenvalue weighted by Gasteiger charge is -2.09. The number of fused-ring (bicyclic) bond motifs is 3. The zero-order valence-electron chi connectivity index (χ0n) is 15.1. The van der Waals surface area contributed by atoms with Crippen molar-refractivity contribution in [1.82, 2.24) is 20.8 Å². The smallest absolute Gasteiger partial charge is 0.259 e. The molecule has 2 aromatic heterocycles. The molecule has 26 heavy (non-hydrogen) atoms. The quantitative estimate of drug-likeness (QED) is 0.694. The molecule has 0 saturated heterocycles. The Morgan fingerprint density at radius 2 is 1.92 bits per heavy atom. The minimum absolute atomic E-state index is 0.116. The number of thiophene rings is 1. The van der Waals surface area contributed by atoms with Gasteiger partial charge in [0.2, 0.25) is 11.8 Å². The molecule has 2 aromatic rings. The lowest BCUT2D eigenvalue weighted by atomic mass is 9.97. The second-order valence-electron chi connectivity index (χ2n) is 7.10. The van der Waals surface area contributed by atoms with E-state index in [2.05, 4.69) is 20.8 Å². The highest BCUT2D eigenvalue weighted by Crippen LogP contribution is 2.33. The molecule has 2 amide bonds. The van der Waals surface area contributed by atoms with E-state index >= 15 is 0 Å². The third-order valence-electron chi connectivity index (χ3n) is 4.40. The molecule has 1 aliphatic carbocycles. The van der Waals surface area contributed by atoms with Crippen molar-refractivity contribution in [2.24, 2.45) is 5.92 Å². The van der Waals surface area contributed by atoms with E-state index < -0.39 is 0 Å². The summed E-state index contributed by atoms with van der Waals surface area (Å²) >= 11 is 1.59. The predicted molar refractivity (Wildman–Crippen MR) is 101 cm³/mol. The van der Waals surface area contributed by atoms with Crippen LogP contribution < -0.4 is 16.4 Å². The number of hydrogen-bond acceptors (Lipinski definition) is 5. The molecule has 0 saturated carbocycles. The van der Waals surface area contributed by atoms with Gasteiger partial charge in [-0.3, -0.25) is 25.2 Å². The Morgan fingerprint density at radius 1 is 1.19 bits per heavy atom. The highest BCUT2D eigenvalue weighted by molar-refractivity contribution is 7.18. The number of carbonyl (C=O) groups is 2. The van der Waals surface area contributed by atoms with Gasteiger partial charge in [-0.05, 0) is 37.2 Å². The maximum Gasteiger partial charge on any atom is 0.259 e. The lowest BCUT2D eigenvalue weighted by Crippen LogP contribution is -2.42. The summed E-state index contributed by atoms with van der Waals surface area (Å²) in [6.45, 7) is 3.87. The van der Waals surface area contributed by atoms with Crippen LogP contribution in [-0.4, -0.2) is 21.8 Å². The third-order valence-corrected chi connectivity index (χ3v) is 5.58. The Kier molecular flexibility index (Phi) is 5.70. The number of aromatic nitrogens is 2. The maximum atomic E-state index is 12.4. The summed E-state index contributed by atoms with van der Waals surface area (Å²) in [6, 6.07) is 0. The van der Waals surface area contributed by atoms with Gasteiger partial charge < -0.3 is 4.98 Å². The molecule has 7 nitrogen and oxygen atoms in total. The van der Waals surface area contributed by atoms with Crippen LogP contribution in [0.5, 0.6) is 0 Å². The molecule has 0 spiro atoms. The van der Waals surface area contributed by atoms with Gasteiger partial charge in [0, 0.05) is 24.1 Å². The van der Waals surface area contributed by atoms with Gasteiger partial charge in [-0.2, -0.15) is 0 Å². The van der Waals surface area contributed by atoms with Crippen molar-refractivity contribution in [2.45, 2.75) is 58.8 Å². The summed E-state index contributed by atoms with van der Waals surface area (Å²) in [5.41, 5.74) is 5.83. The molecule has 0 aromatic carbocycles. The van der Waals surface area contributed by atoms with Gasteiger partial charge in [-0.15, -0.1) is 11.3 Å². The molecule has 3 rings (SSSR count). The molecule has 140 valence electrons. The van der Waals surface area contributed by atoms with Crippen LogP contribution in [0.3, 0.4) is 0 Å². The maximum absolute atomic E-state index is 12.4. The molecular weight excluding hydrogens is 352 g/mol. The van der Waals surface area contributed by atoms with E-state index in [9.17, 15) is 14.4 Å². The molecular formula is C18H24N4O3S. The first kappa shape index (κ1) is 18.6. The van der Waals surface area contributed by atoms with Gasteiger partial charge in [0.1, 0.15) is 10.7 Å². The second kappa shape index (κ2) is 7.99. The first-order valence-corrected chi connectivity index (χ1v) is 9.87. The average molecular weight is 376 g/mol. The monoisotopic (exact) mass is 376 g/mol. The number of nitrogens with zero attached hydrogens (tertiary/aromatic N) is 1. The standard InChI is InChI=1S/C18H24N4O3S/c1-10(2)9-15(24)22-21-14(23)8-7-13-19-17(25)16-11-5-3-4-6-12(11)26-18(16)20-13/h10H,3-9H2,1-2H3,(H,21,23)(H,22,24)(H,19,20,25). The predicted octanol–water partition coefficient (Wildman–Crippen LogP) is 1.99. The summed E-state index contributed by atoms with van der Waals surface area (Å²) in [5, 5.41) is 0.721. The van der Waals surface area contributed by atoms with Crippen molar-refractivity contribution >= 4 is 33.4 Å². The fourth-order valence-electron chi connectivity index (χ4n) is 3.18. The number of amides is 2. The molecule has 1 aliphatic rings. The van der Waals surface area contributed by atoms with E-state index in [-0.39, 0.29) is 29.7 Å². The van der Waals surface area contributed by atoms with Gasteiger partial charge in [0.15, 0.2) is 0 Å². The van der Waals surface area contributed by atoms with Crippen LogP contribution in [0, 0.1) is 5.92 Å². The van der Waals surface area contributed by atoms with Crippen LogP contribution in [-0.2, 0) is 28.9 Å². The highest BCUT2D eigenvalue weighted by Gasteiger charge is 2.19. The Morgan fingerprint density at radius 3 is 2.69 bits per heavy atom. The van der Waals surface area contributed by atoms with Crippen LogP contribution in [0.2, 0.25) is 0 Å². The van der Waals surface area contributed by atoms with Gasteiger partial charge in [-0.25, -0.2) is 4.98 Å². The van der Waals surface area contributed by atoms with Gasteiger partial charge in [0.25, 0.3) is 5.56 Å². The third kappa shape index (κ3) is 4.30. The van der Waals surface area contributed by atoms with E-state index in [0.29, 0.717) is 18.7 Å². The summed E-state index contributed by atoms with van der Waals surface area (Å²) in [4.78, 5) is 45.2. The van der Waals surface area contributed by atoms with E-state index in [0.717, 1.165) is 41.5 Å². The van der Waals surface area contributed by atoms with Crippen molar-refractivity contribution in [3.05, 3.63) is 26.6 Å². The summed E-state index contributed by atoms with van der Waals surface area (Å²) in [6.07, 6.45) is 5.05. The first-order chi connectivity index (χ1) is 12.4. The Labute approximate surface area is 155 Å². The minimum atomic E-state index is -0.310. The van der Waals surface area contributed by atoms with E-state index in [1.165, 1.54) is 4.88 Å². The Balaban J connectivity index is 1.62. The highest BCUT2D eigenvalue weighted by atomic mass is 32.1. The number of aryl methyl sites for hydroxylation is 3. The van der Waals surface area contributed by atoms with Crippen LogP contribution in [0.4, 0.5) is 0 Å². The largest absolute Gasteiger partial charge is 0.310 e. The van der Waals surface area contributed by atoms with E-state index in [4.69, 9.17) is 0 Å². The molecule has 0 unspecified atom stereocenters. The number of hydrazine groups is 1. The molecule has 0 fully saturated rings. The molecule has 2 heterocycles. The summed E-state index contributed by atoms with van der Waals surface area (Å²) < 4.78 is 0. The van der Waals surface area contributed by atoms with Crippen LogP contribution in [0.1, 0.15) is 55.8 Å². The van der Waals surface area contributed by atoms with E-state index in [1.807, 2.05) is 13.8 Å². The number of hydrogen-bond donors (Lipinski definition) is 3. The normalized spacial score (nSPS) is 13.7. The van der Waals surface area contributed by atoms with Gasteiger partial charge in [0.05, 0.1) is 5.39 Å². The van der Waals surface area contributed by atoms with Gasteiger partial charge in [-0.1, -0.05) is 13.8 Å². The SMILES string of the molecule is CC(C)CC(=O)NNC(=O)CCc1nc2sc3c(c2c(=O)[nH]1)CCCC3. The molecule has 0 atom stereocenters. The van der Waals surface area contributed by atoms with Crippen LogP contribution in [0.25, 0.3) is 10.2 Å². The van der Waals surface area contributed by atoms with Crippen LogP contribution in [0.15, 0.2) is 4.79 Å². The first-order valence-electron chi connectivity index (χ1n) is 9.05. The van der Waals surface area contributed by atoms with Crippen LogP contribution >= 0.6 is 11.3 Å². The molecule has 0 bridgehead atoms. The number of nitrogens with one attached hydrogen (secondary N) is 3. The number of aromatic amines is 1. The van der Waals surface area contributed by atoms with Crippen molar-refractivity contribution in [1.29, 1.82) is 0 Å². The van der Waals surface area contributed by atoms with Crippen molar-refractivity contribution in [3.8, 4) is 0 Å². The zero-order valence-corrected chi connectivity index (χ0v) is 15.9. The Bertz CT molecular complexity index is 884. The average Bonchev–Trinajstić information content (AvgIpc) is 2.96. The van der Waals surface area contributed by atoms with Crippen molar-refractivity contribution in [2.75, 3.05) is 0 Å². The zero-order chi connectivity index (χ0) is 18.7. The molecule has 0 aliphatic heterocycles. The molecule has 0 radical (unpaired) electrons. The number of rotatable bonds is 5. The fourth-order valence-corrected chi connectivity index (χ4v) is 4.46. The second-order valence-corrected chi connectivity index (χ2v) is 8.18. The number of H-pyrrole nitrogens is 1. The fraction of sp³-hybridized carbons (Fsp3) is 0.556. The molecule has 3 N–H and O–H groups in total. The van der Waals surface area contributed by atoms with Gasteiger partial charge >= 0.3 is 0 Å².